The second-order valence-corrected chi connectivity index (χ2v) is 4.63. The van der Waals surface area contributed by atoms with Gasteiger partial charge in [0.25, 0.3) is 0 Å². The number of fused-ring (bicyclic) bond motifs is 2. The number of hydrogen-bond donors (Lipinski definition) is 2. The van der Waals surface area contributed by atoms with Crippen molar-refractivity contribution < 1.29 is 5.11 Å². The van der Waals surface area contributed by atoms with Gasteiger partial charge in [-0.15, -0.1) is 0 Å². The van der Waals surface area contributed by atoms with Crippen LogP contribution in [0.2, 0.25) is 0 Å². The number of nitrogens with zero attached hydrogens (tertiary/aromatic N) is 2. The van der Waals surface area contributed by atoms with Gasteiger partial charge in [-0.05, 0) is 30.3 Å². The van der Waals surface area contributed by atoms with Crippen LogP contribution in [0.3, 0.4) is 0 Å². The Bertz CT molecular complexity index is 927. The first kappa shape index (κ1) is 11.0. The minimum Gasteiger partial charge on any atom is -0.494 e. The molecule has 0 aliphatic rings. The predicted molar refractivity (Wildman–Crippen MR) is 78.5 cm³/mol. The Kier molecular flexibility index (Phi) is 2.23. The Balaban J connectivity index is 2.03. The van der Waals surface area contributed by atoms with E-state index in [2.05, 4.69) is 15.0 Å². The van der Waals surface area contributed by atoms with Gasteiger partial charge in [0, 0.05) is 17.1 Å². The SMILES string of the molecule is Oc1[nH]c2ccccc2c1-c1ccc2ncccc2n1. The Hall–Kier alpha value is -2.88. The predicted octanol–water partition coefficient (Wildman–Crippen LogP) is 3.48. The van der Waals surface area contributed by atoms with E-state index in [0.717, 1.165) is 33.2 Å². The van der Waals surface area contributed by atoms with Crippen LogP contribution in [0, 0.1) is 0 Å². The summed E-state index contributed by atoms with van der Waals surface area (Å²) >= 11 is 0. The highest BCUT2D eigenvalue weighted by atomic mass is 16.3. The summed E-state index contributed by atoms with van der Waals surface area (Å²) in [6.07, 6.45) is 1.74. The molecule has 4 heteroatoms. The zero-order chi connectivity index (χ0) is 13.5. The third-order valence-electron chi connectivity index (χ3n) is 3.40. The first-order chi connectivity index (χ1) is 9.83. The Morgan fingerprint density at radius 1 is 0.900 bits per heavy atom. The number of rotatable bonds is 1. The van der Waals surface area contributed by atoms with E-state index in [4.69, 9.17) is 0 Å². The molecule has 0 fully saturated rings. The number of para-hydroxylation sites is 1. The molecule has 0 radical (unpaired) electrons. The summed E-state index contributed by atoms with van der Waals surface area (Å²) in [5.41, 5.74) is 4.02. The third kappa shape index (κ3) is 1.55. The maximum absolute atomic E-state index is 10.1. The number of hydrogen-bond acceptors (Lipinski definition) is 3. The van der Waals surface area contributed by atoms with Crippen LogP contribution < -0.4 is 0 Å². The molecule has 0 saturated heterocycles. The molecule has 0 spiro atoms. The lowest BCUT2D eigenvalue weighted by atomic mass is 10.1. The summed E-state index contributed by atoms with van der Waals surface area (Å²) in [7, 11) is 0. The summed E-state index contributed by atoms with van der Waals surface area (Å²) < 4.78 is 0. The van der Waals surface area contributed by atoms with E-state index in [9.17, 15) is 5.11 Å². The van der Waals surface area contributed by atoms with E-state index >= 15 is 0 Å². The average Bonchev–Trinajstić information content (AvgIpc) is 2.82. The summed E-state index contributed by atoms with van der Waals surface area (Å²) in [6.45, 7) is 0. The van der Waals surface area contributed by atoms with Gasteiger partial charge in [0.15, 0.2) is 5.88 Å². The molecular weight excluding hydrogens is 250 g/mol. The van der Waals surface area contributed by atoms with Crippen LogP contribution in [0.25, 0.3) is 33.2 Å². The lowest BCUT2D eigenvalue weighted by Crippen LogP contribution is -1.86. The van der Waals surface area contributed by atoms with Gasteiger partial charge in [-0.25, -0.2) is 4.98 Å². The maximum Gasteiger partial charge on any atom is 0.199 e. The van der Waals surface area contributed by atoms with Crippen LogP contribution in [0.1, 0.15) is 0 Å². The second-order valence-electron chi connectivity index (χ2n) is 4.63. The van der Waals surface area contributed by atoms with Crippen LogP contribution in [-0.4, -0.2) is 20.1 Å². The van der Waals surface area contributed by atoms with Gasteiger partial charge in [0.2, 0.25) is 0 Å². The van der Waals surface area contributed by atoms with Crippen molar-refractivity contribution in [2.45, 2.75) is 0 Å². The Morgan fingerprint density at radius 3 is 2.75 bits per heavy atom. The zero-order valence-electron chi connectivity index (χ0n) is 10.5. The van der Waals surface area contributed by atoms with Crippen molar-refractivity contribution >= 4 is 21.9 Å². The van der Waals surface area contributed by atoms with Crippen LogP contribution >= 0.6 is 0 Å². The monoisotopic (exact) mass is 261 g/mol. The largest absolute Gasteiger partial charge is 0.494 e. The molecule has 0 saturated carbocycles. The average molecular weight is 261 g/mol. The van der Waals surface area contributed by atoms with E-state index in [1.807, 2.05) is 48.5 Å². The fraction of sp³-hybridized carbons (Fsp3) is 0. The molecule has 20 heavy (non-hydrogen) atoms. The van der Waals surface area contributed by atoms with Gasteiger partial charge in [-0.3, -0.25) is 4.98 Å². The molecule has 0 aliphatic heterocycles. The summed E-state index contributed by atoms with van der Waals surface area (Å²) in [6, 6.07) is 15.3. The Morgan fingerprint density at radius 2 is 1.80 bits per heavy atom. The maximum atomic E-state index is 10.1. The molecule has 3 aromatic heterocycles. The highest BCUT2D eigenvalue weighted by molar-refractivity contribution is 5.98. The van der Waals surface area contributed by atoms with Crippen molar-refractivity contribution in [2.75, 3.05) is 0 Å². The summed E-state index contributed by atoms with van der Waals surface area (Å²) in [4.78, 5) is 11.8. The first-order valence-corrected chi connectivity index (χ1v) is 6.35. The number of benzene rings is 1. The van der Waals surface area contributed by atoms with E-state index in [1.165, 1.54) is 0 Å². The van der Waals surface area contributed by atoms with E-state index < -0.39 is 0 Å². The van der Waals surface area contributed by atoms with Crippen molar-refractivity contribution in [3.63, 3.8) is 0 Å². The minimum atomic E-state index is 0.141. The molecular formula is C16H11N3O. The molecule has 0 amide bonds. The van der Waals surface area contributed by atoms with Crippen LogP contribution in [0.4, 0.5) is 0 Å². The third-order valence-corrected chi connectivity index (χ3v) is 3.40. The second kappa shape index (κ2) is 4.06. The molecule has 0 aliphatic carbocycles. The lowest BCUT2D eigenvalue weighted by molar-refractivity contribution is 0.460. The smallest absolute Gasteiger partial charge is 0.199 e. The van der Waals surface area contributed by atoms with Gasteiger partial charge >= 0.3 is 0 Å². The standard InChI is InChI=1S/C16H11N3O/c20-16-15(10-4-1-2-5-11(10)19-16)14-8-7-12-13(18-14)6-3-9-17-12/h1-9,19-20H. The highest BCUT2D eigenvalue weighted by Gasteiger charge is 2.13. The van der Waals surface area contributed by atoms with Crippen molar-refractivity contribution in [2.24, 2.45) is 0 Å². The molecule has 0 atom stereocenters. The van der Waals surface area contributed by atoms with Crippen LogP contribution in [0.5, 0.6) is 5.88 Å². The fourth-order valence-electron chi connectivity index (χ4n) is 2.48. The topological polar surface area (TPSA) is 61.8 Å². The quantitative estimate of drug-likeness (QED) is 0.551. The number of pyridine rings is 2. The van der Waals surface area contributed by atoms with E-state index in [0.29, 0.717) is 0 Å². The number of aromatic hydroxyl groups is 1. The van der Waals surface area contributed by atoms with Crippen molar-refractivity contribution in [1.82, 2.24) is 15.0 Å². The molecule has 0 bridgehead atoms. The lowest BCUT2D eigenvalue weighted by Gasteiger charge is -2.02. The number of nitrogens with one attached hydrogen (secondary N) is 1. The molecule has 0 unspecified atom stereocenters. The van der Waals surface area contributed by atoms with Crippen molar-refractivity contribution in [3.05, 3.63) is 54.7 Å². The highest BCUT2D eigenvalue weighted by Crippen LogP contribution is 2.35. The van der Waals surface area contributed by atoms with Gasteiger partial charge < -0.3 is 10.1 Å². The molecule has 4 nitrogen and oxygen atoms in total. The van der Waals surface area contributed by atoms with Crippen molar-refractivity contribution in [1.29, 1.82) is 0 Å². The Labute approximate surface area is 114 Å². The molecule has 1 aromatic carbocycles. The van der Waals surface area contributed by atoms with Crippen molar-refractivity contribution in [3.8, 4) is 17.1 Å². The fourth-order valence-corrected chi connectivity index (χ4v) is 2.48. The van der Waals surface area contributed by atoms with Crippen LogP contribution in [-0.2, 0) is 0 Å². The zero-order valence-corrected chi connectivity index (χ0v) is 10.5. The van der Waals surface area contributed by atoms with Gasteiger partial charge in [-0.1, -0.05) is 18.2 Å². The molecule has 4 aromatic rings. The number of H-pyrrole nitrogens is 1. The number of aromatic nitrogens is 3. The minimum absolute atomic E-state index is 0.141. The molecule has 3 heterocycles. The normalized spacial score (nSPS) is 11.2. The van der Waals surface area contributed by atoms with Gasteiger partial charge in [0.1, 0.15) is 0 Å². The van der Waals surface area contributed by atoms with Crippen LogP contribution in [0.15, 0.2) is 54.7 Å². The summed E-state index contributed by atoms with van der Waals surface area (Å²) in [5.74, 6) is 0.141. The number of aromatic amines is 1. The van der Waals surface area contributed by atoms with Gasteiger partial charge in [-0.2, -0.15) is 0 Å². The molecule has 2 N–H and O–H groups in total. The van der Waals surface area contributed by atoms with E-state index in [1.54, 1.807) is 6.20 Å². The van der Waals surface area contributed by atoms with Gasteiger partial charge in [0.05, 0.1) is 22.3 Å². The summed E-state index contributed by atoms with van der Waals surface area (Å²) in [5, 5.41) is 11.1. The van der Waals surface area contributed by atoms with E-state index in [-0.39, 0.29) is 5.88 Å². The molecule has 4 rings (SSSR count). The molecule has 96 valence electrons. The first-order valence-electron chi connectivity index (χ1n) is 6.35.